The van der Waals surface area contributed by atoms with E-state index in [-0.39, 0.29) is 35.7 Å². The summed E-state index contributed by atoms with van der Waals surface area (Å²) >= 11 is 0. The molecule has 13 heteroatoms. The first-order chi connectivity index (χ1) is 30.8. The van der Waals surface area contributed by atoms with Gasteiger partial charge in [0.25, 0.3) is 5.91 Å². The average molecular weight is 899 g/mol. The van der Waals surface area contributed by atoms with Crippen LogP contribution in [0.4, 0.5) is 21.0 Å². The Morgan fingerprint density at radius 2 is 1.17 bits per heavy atom. The van der Waals surface area contributed by atoms with Crippen molar-refractivity contribution in [3.63, 3.8) is 0 Å². The number of hydrogen-bond acceptors (Lipinski definition) is 9. The molecule has 0 aromatic heterocycles. The minimum absolute atomic E-state index is 0.0255. The molecule has 0 radical (unpaired) electrons. The highest BCUT2D eigenvalue weighted by molar-refractivity contribution is 6.03. The van der Waals surface area contributed by atoms with Crippen LogP contribution in [0.2, 0.25) is 0 Å². The second kappa shape index (κ2) is 24.7. The largest absolute Gasteiger partial charge is 0.478 e. The maximum absolute atomic E-state index is 13.1. The van der Waals surface area contributed by atoms with Crippen molar-refractivity contribution < 1.29 is 43.3 Å². The number of amides is 3. The minimum Gasteiger partial charge on any atom is -0.478 e. The summed E-state index contributed by atoms with van der Waals surface area (Å²) in [5.41, 5.74) is 3.75. The molecule has 4 aliphatic rings. The number of para-hydroxylation sites is 2. The van der Waals surface area contributed by atoms with Gasteiger partial charge in [-0.25, -0.2) is 14.4 Å². The van der Waals surface area contributed by atoms with Crippen LogP contribution >= 0.6 is 0 Å². The van der Waals surface area contributed by atoms with Gasteiger partial charge in [0.05, 0.1) is 12.1 Å². The van der Waals surface area contributed by atoms with E-state index in [4.69, 9.17) is 14.6 Å². The number of benzene rings is 2. The lowest BCUT2D eigenvalue weighted by Crippen LogP contribution is -2.50. The Labute approximate surface area is 387 Å². The third-order valence-corrected chi connectivity index (χ3v) is 11.9. The van der Waals surface area contributed by atoms with E-state index in [2.05, 4.69) is 35.6 Å². The fourth-order valence-electron chi connectivity index (χ4n) is 8.43. The number of Topliss-reactive ketones (excluding diaryl/α,β-unsaturated/α-hetero) is 2. The lowest BCUT2D eigenvalue weighted by atomic mass is 9.91. The topological polar surface area (TPSA) is 163 Å². The summed E-state index contributed by atoms with van der Waals surface area (Å²) in [6.07, 6.45) is 14.2. The van der Waals surface area contributed by atoms with Crippen molar-refractivity contribution in [2.75, 3.05) is 36.4 Å². The smallest absolute Gasteiger partial charge is 0.410 e. The van der Waals surface area contributed by atoms with Crippen molar-refractivity contribution in [2.24, 2.45) is 11.8 Å². The summed E-state index contributed by atoms with van der Waals surface area (Å²) in [4.78, 5) is 79.1. The molecule has 65 heavy (non-hydrogen) atoms. The Bertz CT molecular complexity index is 1970. The molecule has 0 spiro atoms. The number of carbonyl (C=O) groups excluding carboxylic acids is 5. The molecular formula is C52H74N4O9. The first kappa shape index (κ1) is 52.2. The van der Waals surface area contributed by atoms with E-state index in [1.165, 1.54) is 28.1 Å². The predicted molar refractivity (Wildman–Crippen MR) is 255 cm³/mol. The van der Waals surface area contributed by atoms with Crippen LogP contribution in [0.3, 0.4) is 0 Å². The number of rotatable bonds is 12. The van der Waals surface area contributed by atoms with Crippen molar-refractivity contribution in [3.8, 4) is 0 Å². The Hall–Kier alpha value is -5.46. The van der Waals surface area contributed by atoms with Crippen LogP contribution in [0.1, 0.15) is 131 Å². The number of piperidine rings is 2. The minimum atomic E-state index is -1.02. The summed E-state index contributed by atoms with van der Waals surface area (Å²) in [6, 6.07) is 15.5. The maximum atomic E-state index is 13.1. The van der Waals surface area contributed by atoms with E-state index >= 15 is 0 Å². The van der Waals surface area contributed by atoms with Crippen LogP contribution in [0.15, 0.2) is 72.8 Å². The number of ether oxygens (including phenoxy) is 2. The quantitative estimate of drug-likeness (QED) is 0.196. The number of allylic oxidation sites excluding steroid dienone is 2. The molecule has 0 unspecified atom stereocenters. The van der Waals surface area contributed by atoms with E-state index in [0.717, 1.165) is 56.8 Å². The zero-order chi connectivity index (χ0) is 47.7. The van der Waals surface area contributed by atoms with E-state index in [1.807, 2.05) is 58.9 Å². The van der Waals surface area contributed by atoms with Gasteiger partial charge in [0, 0.05) is 56.5 Å². The van der Waals surface area contributed by atoms with Gasteiger partial charge in [-0.15, -0.1) is 0 Å². The second-order valence-corrected chi connectivity index (χ2v) is 19.3. The molecule has 13 nitrogen and oxygen atoms in total. The first-order valence-corrected chi connectivity index (χ1v) is 23.6. The standard InChI is InChI=1S/C26H36N2O4.C18H29NO5.C8H9N/c1-5-19(13-14-24(30)27-17-15-20-10-6-7-11-21(20)27)18-23(29)22-12-8-9-16-28(22)25(31)32-26(2,3)4;1-5-13(9-10-16(21)22)12-15(20)14-8-6-7-11-19(14)17(23)24-18(2,3)4;1-2-4-8-7(3-1)5-6-9-8/h6-7,10-11,13-14,19,22H,5,8-9,12,15-18H2,1-4H3;9-10,13-14H,5-8,11-12H2,1-4H3,(H,21,22);1-4,9H,5-6H2/b14-13+;10-9+;/t19-,22-;13-,14-;/m00./s1. The SMILES string of the molecule is CC[C@@H](/C=C/C(=O)N1CCc2ccccc21)CC(=O)[C@@H]1CCCCN1C(=O)OC(C)(C)C.CC[C@@H](/C=C/C(=O)O)CC(=O)[C@@H]1CCCCN1C(=O)OC(C)(C)C.c1ccc2c(c1)CCN2. The number of anilines is 2. The lowest BCUT2D eigenvalue weighted by Gasteiger charge is -2.36. The Kier molecular flexibility index (Phi) is 19.8. The van der Waals surface area contributed by atoms with E-state index in [9.17, 15) is 28.8 Å². The molecule has 0 bridgehead atoms. The second-order valence-electron chi connectivity index (χ2n) is 19.3. The molecule has 3 amide bonds. The van der Waals surface area contributed by atoms with Crippen LogP contribution in [-0.4, -0.2) is 100 Å². The highest BCUT2D eigenvalue weighted by Crippen LogP contribution is 2.29. The Morgan fingerprint density at radius 3 is 1.66 bits per heavy atom. The molecule has 0 aliphatic carbocycles. The van der Waals surface area contributed by atoms with Crippen molar-refractivity contribution >= 4 is 47.0 Å². The van der Waals surface area contributed by atoms with E-state index in [1.54, 1.807) is 42.7 Å². The fraction of sp³-hybridized carbons (Fsp3) is 0.577. The number of ketones is 2. The van der Waals surface area contributed by atoms with Gasteiger partial charge < -0.3 is 24.8 Å². The molecule has 4 heterocycles. The highest BCUT2D eigenvalue weighted by atomic mass is 16.6. The Balaban J connectivity index is 0.000000244. The number of nitrogens with zero attached hydrogens (tertiary/aromatic N) is 3. The maximum Gasteiger partial charge on any atom is 0.410 e. The van der Waals surface area contributed by atoms with Gasteiger partial charge in [-0.05, 0) is 147 Å². The number of carboxylic acid groups (broad SMARTS) is 1. The van der Waals surface area contributed by atoms with Crippen LogP contribution in [0.25, 0.3) is 0 Å². The highest BCUT2D eigenvalue weighted by Gasteiger charge is 2.36. The monoisotopic (exact) mass is 899 g/mol. The van der Waals surface area contributed by atoms with Crippen LogP contribution in [-0.2, 0) is 41.5 Å². The molecule has 2 aromatic rings. The van der Waals surface area contributed by atoms with Gasteiger partial charge in [0.15, 0.2) is 11.6 Å². The van der Waals surface area contributed by atoms with Crippen molar-refractivity contribution in [3.05, 3.63) is 84.0 Å². The van der Waals surface area contributed by atoms with Gasteiger partial charge in [0.1, 0.15) is 11.2 Å². The lowest BCUT2D eigenvalue weighted by molar-refractivity contribution is -0.131. The molecule has 2 fully saturated rings. The van der Waals surface area contributed by atoms with Crippen LogP contribution in [0, 0.1) is 11.8 Å². The van der Waals surface area contributed by atoms with Gasteiger partial charge in [-0.1, -0.05) is 62.4 Å². The van der Waals surface area contributed by atoms with E-state index < -0.39 is 41.4 Å². The zero-order valence-electron chi connectivity index (χ0n) is 40.1. The van der Waals surface area contributed by atoms with Gasteiger partial charge in [0.2, 0.25) is 0 Å². The summed E-state index contributed by atoms with van der Waals surface area (Å²) in [5, 5.41) is 12.0. The van der Waals surface area contributed by atoms with Gasteiger partial charge in [-0.2, -0.15) is 0 Å². The molecule has 6 rings (SSSR count). The molecule has 2 N–H and O–H groups in total. The molecule has 2 saturated heterocycles. The number of nitrogens with one attached hydrogen (secondary N) is 1. The first-order valence-electron chi connectivity index (χ1n) is 23.6. The van der Waals surface area contributed by atoms with Crippen LogP contribution in [0.5, 0.6) is 0 Å². The zero-order valence-corrected chi connectivity index (χ0v) is 40.1. The molecule has 356 valence electrons. The summed E-state index contributed by atoms with van der Waals surface area (Å²) in [7, 11) is 0. The summed E-state index contributed by atoms with van der Waals surface area (Å²) in [5.74, 6) is -1.21. The number of likely N-dealkylation sites (tertiary alicyclic amines) is 2. The fourth-order valence-corrected chi connectivity index (χ4v) is 8.43. The third kappa shape index (κ3) is 16.8. The number of hydrogen-bond donors (Lipinski definition) is 2. The number of carbonyl (C=O) groups is 6. The summed E-state index contributed by atoms with van der Waals surface area (Å²) in [6.45, 7) is 17.7. The van der Waals surface area contributed by atoms with Crippen molar-refractivity contribution in [1.29, 1.82) is 0 Å². The van der Waals surface area contributed by atoms with Crippen molar-refractivity contribution in [1.82, 2.24) is 9.80 Å². The molecule has 0 saturated carbocycles. The van der Waals surface area contributed by atoms with E-state index in [0.29, 0.717) is 45.3 Å². The summed E-state index contributed by atoms with van der Waals surface area (Å²) < 4.78 is 10.9. The molecule has 2 aromatic carbocycles. The normalized spacial score (nSPS) is 19.1. The van der Waals surface area contributed by atoms with Gasteiger partial charge in [-0.3, -0.25) is 24.2 Å². The number of carboxylic acids is 1. The molecule has 4 atom stereocenters. The van der Waals surface area contributed by atoms with Crippen LogP contribution < -0.4 is 10.2 Å². The predicted octanol–water partition coefficient (Wildman–Crippen LogP) is 9.96. The van der Waals surface area contributed by atoms with Gasteiger partial charge >= 0.3 is 18.2 Å². The molecular weight excluding hydrogens is 825 g/mol. The molecule has 4 aliphatic heterocycles. The van der Waals surface area contributed by atoms with Crippen molar-refractivity contribution in [2.45, 2.75) is 156 Å². The Morgan fingerprint density at radius 1 is 0.677 bits per heavy atom. The number of aliphatic carboxylic acids is 1. The number of fused-ring (bicyclic) bond motifs is 2. The third-order valence-electron chi connectivity index (χ3n) is 11.9. The average Bonchev–Trinajstić information content (AvgIpc) is 3.93.